The smallest absolute Gasteiger partial charge is 0.320 e. The fourth-order valence-corrected chi connectivity index (χ4v) is 0.961. The molecule has 0 saturated heterocycles. The summed E-state index contributed by atoms with van der Waals surface area (Å²) < 4.78 is 0. The van der Waals surface area contributed by atoms with Crippen LogP contribution in [0.15, 0.2) is 0 Å². The van der Waals surface area contributed by atoms with Crippen LogP contribution in [0.1, 0.15) is 25.7 Å². The van der Waals surface area contributed by atoms with Crippen molar-refractivity contribution in [1.29, 1.82) is 5.41 Å². The van der Waals surface area contributed by atoms with E-state index in [4.69, 9.17) is 32.9 Å². The van der Waals surface area contributed by atoms with Gasteiger partial charge in [-0.15, -0.1) is 0 Å². The lowest BCUT2D eigenvalue weighted by atomic mass is 10.2. The van der Waals surface area contributed by atoms with Crippen molar-refractivity contribution < 1.29 is 24.7 Å². The number of aliphatic carboxylic acids is 1. The van der Waals surface area contributed by atoms with Gasteiger partial charge in [0.05, 0.1) is 0 Å². The van der Waals surface area contributed by atoms with Crippen LogP contribution in [0.4, 0.5) is 0 Å². The maximum Gasteiger partial charge on any atom is 0.320 e. The molecule has 21 heavy (non-hydrogen) atoms. The molecule has 0 spiro atoms. The van der Waals surface area contributed by atoms with Crippen molar-refractivity contribution >= 4 is 23.7 Å². The van der Waals surface area contributed by atoms with Crippen LogP contribution in [0.2, 0.25) is 0 Å². The molecule has 11 N–H and O–H groups in total. The zero-order chi connectivity index (χ0) is 16.8. The number of hydrogen-bond acceptors (Lipinski definition) is 6. The van der Waals surface area contributed by atoms with Gasteiger partial charge in [0.25, 0.3) is 0 Å². The second-order valence-corrected chi connectivity index (χ2v) is 3.93. The van der Waals surface area contributed by atoms with Crippen molar-refractivity contribution in [1.82, 2.24) is 10.8 Å². The lowest BCUT2D eigenvalue weighted by Crippen LogP contribution is -2.34. The van der Waals surface area contributed by atoms with Gasteiger partial charge in [0.1, 0.15) is 6.04 Å². The maximum absolute atomic E-state index is 10.2. The second-order valence-electron chi connectivity index (χ2n) is 3.93. The SMILES string of the molecule is N=C(N)NCCC[C@H](N)C(=O)O.NC(=O)CCC(=O)NO. The Morgan fingerprint density at radius 1 is 1.19 bits per heavy atom. The summed E-state index contributed by atoms with van der Waals surface area (Å²) in [5.74, 6) is -2.27. The summed E-state index contributed by atoms with van der Waals surface area (Å²) in [7, 11) is 0. The van der Waals surface area contributed by atoms with Crippen LogP contribution in [0, 0.1) is 5.41 Å². The molecule has 0 aliphatic heterocycles. The van der Waals surface area contributed by atoms with Gasteiger partial charge < -0.3 is 27.6 Å². The monoisotopic (exact) mass is 306 g/mol. The normalized spacial score (nSPS) is 10.6. The molecule has 2 amide bonds. The Balaban J connectivity index is 0. The molecule has 0 heterocycles. The Hall–Kier alpha value is -2.40. The van der Waals surface area contributed by atoms with Gasteiger partial charge in [-0.05, 0) is 12.8 Å². The van der Waals surface area contributed by atoms with Gasteiger partial charge in [-0.25, -0.2) is 5.48 Å². The molecule has 0 bridgehead atoms. The Kier molecular flexibility index (Phi) is 12.6. The molecule has 0 aromatic heterocycles. The van der Waals surface area contributed by atoms with E-state index in [0.717, 1.165) is 0 Å². The van der Waals surface area contributed by atoms with Crippen molar-refractivity contribution in [3.8, 4) is 0 Å². The molecule has 11 nitrogen and oxygen atoms in total. The Labute approximate surface area is 121 Å². The van der Waals surface area contributed by atoms with Gasteiger partial charge in [-0.3, -0.25) is 25.0 Å². The summed E-state index contributed by atoms with van der Waals surface area (Å²) in [6, 6.07) is -0.821. The molecule has 11 heteroatoms. The molecule has 0 aliphatic carbocycles. The number of carbonyl (C=O) groups excluding carboxylic acids is 2. The number of nitrogens with one attached hydrogen (secondary N) is 3. The van der Waals surface area contributed by atoms with Crippen molar-refractivity contribution in [2.75, 3.05) is 6.54 Å². The lowest BCUT2D eigenvalue weighted by molar-refractivity contribution is -0.138. The van der Waals surface area contributed by atoms with E-state index in [-0.39, 0.29) is 18.8 Å². The fraction of sp³-hybridized carbons (Fsp3) is 0.600. The summed E-state index contributed by atoms with van der Waals surface area (Å²) in [6.07, 6.45) is 0.876. The summed E-state index contributed by atoms with van der Waals surface area (Å²) in [6.45, 7) is 0.482. The number of carboxylic acids is 1. The molecule has 0 aliphatic rings. The number of rotatable bonds is 8. The average Bonchev–Trinajstić information content (AvgIpc) is 2.40. The standard InChI is InChI=1S/C6H14N4O2.C4H8N2O3/c7-4(5(11)12)2-1-3-10-6(8)9;5-3(7)1-2-4(8)6-9/h4H,1-3,7H2,(H,11,12)(H4,8,9,10);9H,1-2H2,(H2,5,7)(H,6,8)/t4-;/m0./s1. The minimum Gasteiger partial charge on any atom is -0.480 e. The third-order valence-electron chi connectivity index (χ3n) is 2.05. The Bertz CT molecular complexity index is 362. The molecule has 0 unspecified atom stereocenters. The van der Waals surface area contributed by atoms with Gasteiger partial charge in [0.15, 0.2) is 5.96 Å². The van der Waals surface area contributed by atoms with E-state index >= 15 is 0 Å². The van der Waals surface area contributed by atoms with Crippen LogP contribution in [-0.4, -0.2) is 46.6 Å². The third kappa shape index (κ3) is 17.6. The number of carboxylic acid groups (broad SMARTS) is 1. The number of guanidine groups is 1. The van der Waals surface area contributed by atoms with E-state index in [2.05, 4.69) is 5.32 Å². The molecule has 0 aromatic rings. The summed E-state index contributed by atoms with van der Waals surface area (Å²) in [5, 5.41) is 25.6. The first-order valence-corrected chi connectivity index (χ1v) is 5.98. The van der Waals surface area contributed by atoms with Crippen LogP contribution in [0.5, 0.6) is 0 Å². The second kappa shape index (κ2) is 12.6. The topological polar surface area (TPSA) is 218 Å². The molecular weight excluding hydrogens is 284 g/mol. The summed E-state index contributed by atoms with van der Waals surface area (Å²) in [4.78, 5) is 30.3. The third-order valence-corrected chi connectivity index (χ3v) is 2.05. The largest absolute Gasteiger partial charge is 0.480 e. The van der Waals surface area contributed by atoms with E-state index in [0.29, 0.717) is 19.4 Å². The summed E-state index contributed by atoms with van der Waals surface area (Å²) in [5.41, 5.74) is 16.3. The Morgan fingerprint density at radius 3 is 2.14 bits per heavy atom. The van der Waals surface area contributed by atoms with Crippen LogP contribution < -0.4 is 28.0 Å². The minimum absolute atomic E-state index is 0.0353. The number of primary amides is 1. The van der Waals surface area contributed by atoms with Crippen molar-refractivity contribution in [3.63, 3.8) is 0 Å². The van der Waals surface area contributed by atoms with Crippen LogP contribution in [0.25, 0.3) is 0 Å². The van der Waals surface area contributed by atoms with E-state index in [1.165, 1.54) is 5.48 Å². The first-order chi connectivity index (χ1) is 9.70. The highest BCUT2D eigenvalue weighted by molar-refractivity contribution is 5.82. The highest BCUT2D eigenvalue weighted by Gasteiger charge is 2.09. The predicted octanol–water partition coefficient (Wildman–Crippen LogP) is -2.58. The van der Waals surface area contributed by atoms with Gasteiger partial charge >= 0.3 is 5.97 Å². The van der Waals surface area contributed by atoms with Gasteiger partial charge in [0, 0.05) is 19.4 Å². The van der Waals surface area contributed by atoms with E-state index in [9.17, 15) is 14.4 Å². The number of carbonyl (C=O) groups is 3. The highest BCUT2D eigenvalue weighted by atomic mass is 16.5. The molecule has 1 atom stereocenters. The van der Waals surface area contributed by atoms with Crippen LogP contribution in [0.3, 0.4) is 0 Å². The highest BCUT2D eigenvalue weighted by Crippen LogP contribution is 1.92. The van der Waals surface area contributed by atoms with Gasteiger partial charge in [-0.2, -0.15) is 0 Å². The summed E-state index contributed by atoms with van der Waals surface area (Å²) >= 11 is 0. The number of nitrogens with two attached hydrogens (primary N) is 3. The minimum atomic E-state index is -1.00. The molecule has 0 aromatic carbocycles. The van der Waals surface area contributed by atoms with Crippen molar-refractivity contribution in [3.05, 3.63) is 0 Å². The first kappa shape index (κ1) is 20.9. The molecule has 122 valence electrons. The average molecular weight is 306 g/mol. The maximum atomic E-state index is 10.2. The first-order valence-electron chi connectivity index (χ1n) is 5.98. The molecule has 0 radical (unpaired) electrons. The van der Waals surface area contributed by atoms with Gasteiger partial charge in [-0.1, -0.05) is 0 Å². The molecule has 0 fully saturated rings. The quantitative estimate of drug-likeness (QED) is 0.0780. The zero-order valence-electron chi connectivity index (χ0n) is 11.5. The molecule has 0 rings (SSSR count). The van der Waals surface area contributed by atoms with Crippen LogP contribution in [-0.2, 0) is 14.4 Å². The Morgan fingerprint density at radius 2 is 1.76 bits per heavy atom. The number of amides is 2. The predicted molar refractivity (Wildman–Crippen MR) is 73.1 cm³/mol. The molecular formula is C10H22N6O5. The van der Waals surface area contributed by atoms with Crippen LogP contribution >= 0.6 is 0 Å². The molecule has 0 saturated carbocycles. The number of hydroxylamine groups is 1. The fourth-order valence-electron chi connectivity index (χ4n) is 0.961. The number of hydrogen-bond donors (Lipinski definition) is 8. The van der Waals surface area contributed by atoms with Crippen molar-refractivity contribution in [2.45, 2.75) is 31.7 Å². The van der Waals surface area contributed by atoms with E-state index in [1.54, 1.807) is 0 Å². The van der Waals surface area contributed by atoms with Crippen molar-refractivity contribution in [2.24, 2.45) is 17.2 Å². The van der Waals surface area contributed by atoms with Gasteiger partial charge in [0.2, 0.25) is 11.8 Å². The lowest BCUT2D eigenvalue weighted by Gasteiger charge is -2.06. The van der Waals surface area contributed by atoms with E-state index in [1.807, 2.05) is 0 Å². The van der Waals surface area contributed by atoms with E-state index < -0.39 is 23.8 Å². The zero-order valence-corrected chi connectivity index (χ0v) is 11.5.